The molecule has 1 saturated heterocycles. The first-order valence-electron chi connectivity index (χ1n) is 9.21. The number of piperidine rings is 1. The zero-order valence-electron chi connectivity index (χ0n) is 14.6. The van der Waals surface area contributed by atoms with Crippen LogP contribution >= 0.6 is 0 Å². The highest BCUT2D eigenvalue weighted by atomic mass is 16.3. The maximum atomic E-state index is 11.0. The summed E-state index contributed by atoms with van der Waals surface area (Å²) in [5.74, 6) is 0.654. The summed E-state index contributed by atoms with van der Waals surface area (Å²) >= 11 is 0. The second-order valence-electron chi connectivity index (χ2n) is 7.69. The van der Waals surface area contributed by atoms with Crippen molar-refractivity contribution >= 4 is 0 Å². The van der Waals surface area contributed by atoms with Gasteiger partial charge in [-0.3, -0.25) is 0 Å². The first-order valence-corrected chi connectivity index (χ1v) is 9.21. The van der Waals surface area contributed by atoms with Gasteiger partial charge in [-0.15, -0.1) is 0 Å². The van der Waals surface area contributed by atoms with Crippen LogP contribution in [0.2, 0.25) is 0 Å². The van der Waals surface area contributed by atoms with Gasteiger partial charge in [0.2, 0.25) is 0 Å². The van der Waals surface area contributed by atoms with Crippen molar-refractivity contribution in [3.8, 4) is 0 Å². The van der Waals surface area contributed by atoms with Crippen LogP contribution in [0.4, 0.5) is 0 Å². The Labute approximate surface area is 144 Å². The van der Waals surface area contributed by atoms with Gasteiger partial charge in [0.15, 0.2) is 0 Å². The largest absolute Gasteiger partial charge is 0.392 e. The summed E-state index contributed by atoms with van der Waals surface area (Å²) < 4.78 is 0. The molecule has 24 heavy (non-hydrogen) atoms. The molecule has 126 valence electrons. The molecule has 1 heterocycles. The van der Waals surface area contributed by atoms with Gasteiger partial charge in [0.05, 0.1) is 6.10 Å². The molecule has 2 aromatic rings. The predicted octanol–water partition coefficient (Wildman–Crippen LogP) is 4.47. The van der Waals surface area contributed by atoms with Crippen molar-refractivity contribution in [3.05, 3.63) is 70.8 Å². The molecule has 4 rings (SSSR count). The molecule has 1 aliphatic carbocycles. The van der Waals surface area contributed by atoms with Crippen LogP contribution in [0.1, 0.15) is 53.6 Å². The molecule has 2 bridgehead atoms. The van der Waals surface area contributed by atoms with Gasteiger partial charge in [-0.1, -0.05) is 66.1 Å². The van der Waals surface area contributed by atoms with Crippen LogP contribution in [-0.2, 0) is 0 Å². The number of nitrogens with one attached hydrogen (secondary N) is 1. The number of aliphatic hydroxyl groups excluding tert-OH is 1. The third-order valence-electron chi connectivity index (χ3n) is 6.04. The first-order chi connectivity index (χ1) is 11.6. The fourth-order valence-corrected chi connectivity index (χ4v) is 4.65. The highest BCUT2D eigenvalue weighted by Gasteiger charge is 2.46. The van der Waals surface area contributed by atoms with Gasteiger partial charge in [-0.05, 0) is 37.8 Å². The third-order valence-corrected chi connectivity index (χ3v) is 6.04. The van der Waals surface area contributed by atoms with Crippen molar-refractivity contribution in [1.82, 2.24) is 5.32 Å². The van der Waals surface area contributed by atoms with Crippen molar-refractivity contribution < 1.29 is 5.11 Å². The molecule has 1 aliphatic heterocycles. The Bertz CT molecular complexity index is 631. The van der Waals surface area contributed by atoms with Crippen LogP contribution in [0.3, 0.4) is 0 Å². The number of benzene rings is 2. The molecule has 0 aromatic heterocycles. The fraction of sp³-hybridized carbons (Fsp3) is 0.455. The van der Waals surface area contributed by atoms with E-state index in [0.29, 0.717) is 11.8 Å². The van der Waals surface area contributed by atoms with Gasteiger partial charge in [0.25, 0.3) is 0 Å². The number of hydrogen-bond acceptors (Lipinski definition) is 2. The quantitative estimate of drug-likeness (QED) is 0.855. The SMILES string of the molecule is Cc1ccc([C@H]2N[C@@H](c3ccc(C)cc3)[C@H]3CCC[C@@H]2C3O)cc1. The summed E-state index contributed by atoms with van der Waals surface area (Å²) in [6.07, 6.45) is 3.24. The first kappa shape index (κ1) is 15.9. The van der Waals surface area contributed by atoms with E-state index in [-0.39, 0.29) is 18.2 Å². The van der Waals surface area contributed by atoms with E-state index in [1.54, 1.807) is 0 Å². The van der Waals surface area contributed by atoms with Crippen molar-refractivity contribution in [2.45, 2.75) is 51.3 Å². The van der Waals surface area contributed by atoms with Gasteiger partial charge in [-0.25, -0.2) is 0 Å². The maximum Gasteiger partial charge on any atom is 0.0632 e. The van der Waals surface area contributed by atoms with Crippen LogP contribution in [0, 0.1) is 25.7 Å². The number of aryl methyl sites for hydroxylation is 2. The summed E-state index contributed by atoms with van der Waals surface area (Å²) in [5.41, 5.74) is 5.18. The minimum Gasteiger partial charge on any atom is -0.392 e. The average molecular weight is 321 g/mol. The van der Waals surface area contributed by atoms with E-state index in [0.717, 1.165) is 12.8 Å². The van der Waals surface area contributed by atoms with E-state index in [1.807, 2.05) is 0 Å². The molecule has 1 unspecified atom stereocenters. The summed E-state index contributed by atoms with van der Waals surface area (Å²) in [4.78, 5) is 0. The number of hydrogen-bond donors (Lipinski definition) is 2. The standard InChI is InChI=1S/C22H27NO/c1-14-6-10-16(11-7-14)20-18-4-3-5-19(22(18)24)21(23-20)17-12-8-15(2)9-13-17/h6-13,18-24H,3-5H2,1-2H3/t18-,19+,20+,21-,22?. The average Bonchev–Trinajstić information content (AvgIpc) is 2.57. The van der Waals surface area contributed by atoms with Crippen molar-refractivity contribution in [3.63, 3.8) is 0 Å². The number of fused-ring (bicyclic) bond motifs is 2. The molecule has 1 saturated carbocycles. The molecule has 0 spiro atoms. The molecule has 0 amide bonds. The third kappa shape index (κ3) is 2.78. The zero-order chi connectivity index (χ0) is 16.7. The van der Waals surface area contributed by atoms with Gasteiger partial charge < -0.3 is 10.4 Å². The van der Waals surface area contributed by atoms with E-state index in [2.05, 4.69) is 67.7 Å². The maximum absolute atomic E-state index is 11.0. The summed E-state index contributed by atoms with van der Waals surface area (Å²) in [7, 11) is 0. The van der Waals surface area contributed by atoms with E-state index in [4.69, 9.17) is 0 Å². The molecule has 0 radical (unpaired) electrons. The summed E-state index contributed by atoms with van der Waals surface area (Å²) in [5, 5.41) is 14.9. The lowest BCUT2D eigenvalue weighted by molar-refractivity contribution is -0.0517. The summed E-state index contributed by atoms with van der Waals surface area (Å²) in [6.45, 7) is 4.25. The van der Waals surface area contributed by atoms with Crippen molar-refractivity contribution in [1.29, 1.82) is 0 Å². The van der Waals surface area contributed by atoms with E-state index in [1.165, 1.54) is 28.7 Å². The molecule has 5 atom stereocenters. The van der Waals surface area contributed by atoms with Gasteiger partial charge in [-0.2, -0.15) is 0 Å². The highest BCUT2D eigenvalue weighted by molar-refractivity contribution is 5.30. The van der Waals surface area contributed by atoms with Gasteiger partial charge in [0.1, 0.15) is 0 Å². The lowest BCUT2D eigenvalue weighted by atomic mass is 9.66. The topological polar surface area (TPSA) is 32.3 Å². The Morgan fingerprint density at radius 2 is 1.17 bits per heavy atom. The molecule has 2 nitrogen and oxygen atoms in total. The van der Waals surface area contributed by atoms with Crippen LogP contribution < -0.4 is 5.32 Å². The molecular formula is C22H27NO. The molecule has 2 fully saturated rings. The highest BCUT2D eigenvalue weighted by Crippen LogP contribution is 2.48. The minimum atomic E-state index is -0.211. The second-order valence-corrected chi connectivity index (χ2v) is 7.69. The Balaban J connectivity index is 1.70. The van der Waals surface area contributed by atoms with Gasteiger partial charge >= 0.3 is 0 Å². The normalized spacial score (nSPS) is 32.5. The Morgan fingerprint density at radius 1 is 0.750 bits per heavy atom. The fourth-order valence-electron chi connectivity index (χ4n) is 4.65. The lowest BCUT2D eigenvalue weighted by Crippen LogP contribution is -2.52. The Hall–Kier alpha value is -1.64. The molecular weight excluding hydrogens is 294 g/mol. The number of rotatable bonds is 2. The van der Waals surface area contributed by atoms with E-state index in [9.17, 15) is 5.11 Å². The molecule has 2 heteroatoms. The van der Waals surface area contributed by atoms with Crippen LogP contribution in [0.5, 0.6) is 0 Å². The van der Waals surface area contributed by atoms with Crippen molar-refractivity contribution in [2.75, 3.05) is 0 Å². The number of aliphatic hydroxyl groups is 1. The van der Waals surface area contributed by atoms with Crippen LogP contribution in [-0.4, -0.2) is 11.2 Å². The van der Waals surface area contributed by atoms with E-state index < -0.39 is 0 Å². The van der Waals surface area contributed by atoms with E-state index >= 15 is 0 Å². The summed E-state index contributed by atoms with van der Waals surface area (Å²) in [6, 6.07) is 18.1. The van der Waals surface area contributed by atoms with Gasteiger partial charge in [0, 0.05) is 23.9 Å². The second kappa shape index (κ2) is 6.34. The Kier molecular flexibility index (Phi) is 4.19. The smallest absolute Gasteiger partial charge is 0.0632 e. The van der Waals surface area contributed by atoms with Crippen molar-refractivity contribution in [2.24, 2.45) is 11.8 Å². The molecule has 2 N–H and O–H groups in total. The monoisotopic (exact) mass is 321 g/mol. The predicted molar refractivity (Wildman–Crippen MR) is 97.8 cm³/mol. The minimum absolute atomic E-state index is 0.211. The Morgan fingerprint density at radius 3 is 1.58 bits per heavy atom. The van der Waals surface area contributed by atoms with Crippen LogP contribution in [0.15, 0.2) is 48.5 Å². The molecule has 2 aromatic carbocycles. The molecule has 2 aliphatic rings. The lowest BCUT2D eigenvalue weighted by Gasteiger charge is -2.50. The zero-order valence-corrected chi connectivity index (χ0v) is 14.6. The van der Waals surface area contributed by atoms with Crippen LogP contribution in [0.25, 0.3) is 0 Å².